The maximum absolute atomic E-state index is 12.3. The number of nitrogens with one attached hydrogen (secondary N) is 3. The van der Waals surface area contributed by atoms with Crippen LogP contribution in [-0.4, -0.2) is 47.4 Å². The molecule has 2 atom stereocenters. The van der Waals surface area contributed by atoms with Crippen LogP contribution in [0.1, 0.15) is 41.4 Å². The van der Waals surface area contributed by atoms with Crippen LogP contribution in [0.25, 0.3) is 0 Å². The highest BCUT2D eigenvalue weighted by molar-refractivity contribution is 5.97. The number of benzene rings is 2. The van der Waals surface area contributed by atoms with E-state index in [0.29, 0.717) is 18.7 Å². The van der Waals surface area contributed by atoms with Crippen LogP contribution in [0.3, 0.4) is 0 Å². The number of hydrogen-bond donors (Lipinski definition) is 6. The minimum Gasteiger partial charge on any atom is -0.391 e. The molecule has 0 bridgehead atoms. The molecule has 0 aliphatic rings. The molecule has 0 spiro atoms. The fraction of sp³-hybridized carbons (Fsp3) is 0.304. The molecule has 0 aromatic heterocycles. The molecule has 0 fully saturated rings. The molecule has 0 heterocycles. The SMILES string of the molecule is C.C[C@@H](O)[C@H](NC(=O)c1ccc(C#Cc2ccccc2CNCCN)cc1)C(=O)NO. The molecule has 0 saturated carbocycles. The van der Waals surface area contributed by atoms with Crippen LogP contribution in [0.5, 0.6) is 0 Å². The molecule has 166 valence electrons. The Morgan fingerprint density at radius 1 is 1.10 bits per heavy atom. The first kappa shape index (κ1) is 25.8. The average molecular weight is 427 g/mol. The van der Waals surface area contributed by atoms with Crippen molar-refractivity contribution in [1.29, 1.82) is 0 Å². The van der Waals surface area contributed by atoms with Crippen molar-refractivity contribution in [3.05, 3.63) is 70.8 Å². The molecule has 2 aromatic rings. The largest absolute Gasteiger partial charge is 0.391 e. The zero-order valence-electron chi connectivity index (χ0n) is 16.7. The smallest absolute Gasteiger partial charge is 0.268 e. The van der Waals surface area contributed by atoms with Gasteiger partial charge in [-0.05, 0) is 42.8 Å². The molecule has 0 aliphatic carbocycles. The summed E-state index contributed by atoms with van der Waals surface area (Å²) in [6.45, 7) is 3.30. The highest BCUT2D eigenvalue weighted by Crippen LogP contribution is 2.09. The van der Waals surface area contributed by atoms with E-state index in [9.17, 15) is 14.7 Å². The predicted molar refractivity (Wildman–Crippen MR) is 119 cm³/mol. The fourth-order valence-corrected chi connectivity index (χ4v) is 2.67. The molecule has 2 aromatic carbocycles. The Kier molecular flexibility index (Phi) is 11.0. The third-order valence-corrected chi connectivity index (χ3v) is 4.30. The second-order valence-corrected chi connectivity index (χ2v) is 6.62. The van der Waals surface area contributed by atoms with Crippen molar-refractivity contribution in [1.82, 2.24) is 16.1 Å². The number of amides is 2. The maximum atomic E-state index is 12.3. The molecule has 31 heavy (non-hydrogen) atoms. The summed E-state index contributed by atoms with van der Waals surface area (Å²) in [5.74, 6) is 4.75. The lowest BCUT2D eigenvalue weighted by atomic mass is 10.1. The van der Waals surface area contributed by atoms with E-state index in [1.54, 1.807) is 24.3 Å². The van der Waals surface area contributed by atoms with Crippen LogP contribution < -0.4 is 21.8 Å². The van der Waals surface area contributed by atoms with Gasteiger partial charge in [-0.25, -0.2) is 5.48 Å². The third kappa shape index (κ3) is 7.85. The van der Waals surface area contributed by atoms with Crippen molar-refractivity contribution >= 4 is 11.8 Å². The summed E-state index contributed by atoms with van der Waals surface area (Å²) in [5.41, 5.74) is 9.91. The summed E-state index contributed by atoms with van der Waals surface area (Å²) in [6, 6.07) is 13.1. The number of rotatable bonds is 8. The summed E-state index contributed by atoms with van der Waals surface area (Å²) >= 11 is 0. The van der Waals surface area contributed by atoms with Crippen molar-refractivity contribution in [3.63, 3.8) is 0 Å². The van der Waals surface area contributed by atoms with E-state index >= 15 is 0 Å². The summed E-state index contributed by atoms with van der Waals surface area (Å²) < 4.78 is 0. The van der Waals surface area contributed by atoms with Crippen LogP contribution in [0, 0.1) is 11.8 Å². The van der Waals surface area contributed by atoms with E-state index in [1.165, 1.54) is 12.4 Å². The van der Waals surface area contributed by atoms with E-state index in [4.69, 9.17) is 10.9 Å². The Balaban J connectivity index is 0.00000480. The van der Waals surface area contributed by atoms with Gasteiger partial charge >= 0.3 is 0 Å². The Morgan fingerprint density at radius 3 is 2.39 bits per heavy atom. The lowest BCUT2D eigenvalue weighted by Gasteiger charge is -2.19. The van der Waals surface area contributed by atoms with Gasteiger partial charge in [-0.15, -0.1) is 0 Å². The van der Waals surface area contributed by atoms with Crippen molar-refractivity contribution < 1.29 is 19.9 Å². The van der Waals surface area contributed by atoms with E-state index in [-0.39, 0.29) is 7.43 Å². The van der Waals surface area contributed by atoms with Gasteiger partial charge in [0.15, 0.2) is 0 Å². The first-order valence-corrected chi connectivity index (χ1v) is 9.50. The number of aliphatic hydroxyl groups excluding tert-OH is 1. The highest BCUT2D eigenvalue weighted by Gasteiger charge is 2.25. The van der Waals surface area contributed by atoms with E-state index in [0.717, 1.165) is 23.2 Å². The normalized spacial score (nSPS) is 11.9. The van der Waals surface area contributed by atoms with Crippen LogP contribution >= 0.6 is 0 Å². The number of aliphatic hydroxyl groups is 1. The molecule has 0 aliphatic heterocycles. The monoisotopic (exact) mass is 426 g/mol. The van der Waals surface area contributed by atoms with Gasteiger partial charge in [0.1, 0.15) is 6.04 Å². The lowest BCUT2D eigenvalue weighted by molar-refractivity contribution is -0.133. The highest BCUT2D eigenvalue weighted by atomic mass is 16.5. The average Bonchev–Trinajstić information content (AvgIpc) is 2.76. The first-order chi connectivity index (χ1) is 14.5. The molecule has 0 saturated heterocycles. The summed E-state index contributed by atoms with van der Waals surface area (Å²) in [4.78, 5) is 23.8. The van der Waals surface area contributed by atoms with Gasteiger partial charge in [-0.3, -0.25) is 14.8 Å². The second-order valence-electron chi connectivity index (χ2n) is 6.62. The topological polar surface area (TPSA) is 137 Å². The van der Waals surface area contributed by atoms with Gasteiger partial charge in [0.2, 0.25) is 0 Å². The summed E-state index contributed by atoms with van der Waals surface area (Å²) in [5, 5.41) is 24.0. The lowest BCUT2D eigenvalue weighted by Crippen LogP contribution is -2.51. The quantitative estimate of drug-likeness (QED) is 0.160. The Bertz CT molecular complexity index is 917. The van der Waals surface area contributed by atoms with Crippen molar-refractivity contribution in [3.8, 4) is 11.8 Å². The predicted octanol–water partition coefficient (Wildman–Crippen LogP) is 0.755. The molecule has 8 heteroatoms. The van der Waals surface area contributed by atoms with Crippen LogP contribution in [0.15, 0.2) is 48.5 Å². The molecule has 8 nitrogen and oxygen atoms in total. The first-order valence-electron chi connectivity index (χ1n) is 9.50. The van der Waals surface area contributed by atoms with Gasteiger partial charge < -0.3 is 21.5 Å². The standard InChI is InChI=1S/C22H26N4O4.CH4/c1-15(27)20(22(29)26-30)25-21(28)18-10-7-16(8-11-18)6-9-17-4-2-3-5-19(17)14-24-13-12-23;/h2-5,7-8,10-11,15,20,24,27,30H,12-14,23H2,1H3,(H,25,28)(H,26,29);1H4/t15-,20+;/m1./s1. The van der Waals surface area contributed by atoms with E-state index in [2.05, 4.69) is 22.5 Å². The third-order valence-electron chi connectivity index (χ3n) is 4.30. The molecule has 0 radical (unpaired) electrons. The van der Waals surface area contributed by atoms with Gasteiger partial charge in [0, 0.05) is 36.3 Å². The Labute approximate surface area is 182 Å². The zero-order chi connectivity index (χ0) is 21.9. The van der Waals surface area contributed by atoms with Gasteiger partial charge in [-0.1, -0.05) is 37.5 Å². The minimum absolute atomic E-state index is 0. The Morgan fingerprint density at radius 2 is 1.77 bits per heavy atom. The summed E-state index contributed by atoms with van der Waals surface area (Å²) in [6.07, 6.45) is -1.18. The second kappa shape index (κ2) is 13.2. The number of hydrogen-bond acceptors (Lipinski definition) is 6. The molecule has 0 unspecified atom stereocenters. The van der Waals surface area contributed by atoms with E-state index < -0.39 is 24.0 Å². The number of nitrogens with two attached hydrogens (primary N) is 1. The van der Waals surface area contributed by atoms with Crippen molar-refractivity contribution in [2.75, 3.05) is 13.1 Å². The number of carbonyl (C=O) groups excluding carboxylic acids is 2. The maximum Gasteiger partial charge on any atom is 0.268 e. The zero-order valence-corrected chi connectivity index (χ0v) is 16.7. The Hall–Kier alpha value is -3.22. The van der Waals surface area contributed by atoms with Crippen LogP contribution in [0.4, 0.5) is 0 Å². The van der Waals surface area contributed by atoms with Gasteiger partial charge in [-0.2, -0.15) is 0 Å². The van der Waals surface area contributed by atoms with Gasteiger partial charge in [0.25, 0.3) is 11.8 Å². The minimum atomic E-state index is -1.27. The fourth-order valence-electron chi connectivity index (χ4n) is 2.67. The molecule has 2 amide bonds. The molecule has 7 N–H and O–H groups in total. The number of hydroxylamine groups is 1. The van der Waals surface area contributed by atoms with Gasteiger partial charge in [0.05, 0.1) is 6.10 Å². The molecular weight excluding hydrogens is 396 g/mol. The molecule has 2 rings (SSSR count). The van der Waals surface area contributed by atoms with Crippen LogP contribution in [0.2, 0.25) is 0 Å². The van der Waals surface area contributed by atoms with Crippen molar-refractivity contribution in [2.24, 2.45) is 5.73 Å². The van der Waals surface area contributed by atoms with Crippen molar-refractivity contribution in [2.45, 2.75) is 33.0 Å². The summed E-state index contributed by atoms with van der Waals surface area (Å²) in [7, 11) is 0. The molecular formula is C23H30N4O4. The number of carbonyl (C=O) groups is 2. The van der Waals surface area contributed by atoms with E-state index in [1.807, 2.05) is 24.3 Å². The van der Waals surface area contributed by atoms with Crippen LogP contribution in [-0.2, 0) is 11.3 Å².